The molecule has 1 aliphatic heterocycles. The molecule has 0 unspecified atom stereocenters. The Kier molecular flexibility index (Phi) is 9.51. The topological polar surface area (TPSA) is 47.1 Å². The number of ether oxygens (including phenoxy) is 3. The van der Waals surface area contributed by atoms with Gasteiger partial charge in [-0.3, -0.25) is 4.98 Å². The number of piperidine rings is 1. The fourth-order valence-corrected chi connectivity index (χ4v) is 6.88. The minimum atomic E-state index is -0.199. The van der Waals surface area contributed by atoms with Crippen LogP contribution in [-0.4, -0.2) is 48.8 Å². The number of hydrogen-bond acceptors (Lipinski definition) is 6. The van der Waals surface area contributed by atoms with Crippen molar-refractivity contribution in [2.75, 3.05) is 32.2 Å². The first kappa shape index (κ1) is 31.6. The highest BCUT2D eigenvalue weighted by molar-refractivity contribution is 6.30. The first-order chi connectivity index (χ1) is 21.7. The second kappa shape index (κ2) is 13.5. The molecule has 0 radical (unpaired) electrons. The van der Waals surface area contributed by atoms with Crippen molar-refractivity contribution in [1.29, 1.82) is 0 Å². The molecule has 3 aromatic rings. The van der Waals surface area contributed by atoms with Crippen LogP contribution in [0.1, 0.15) is 89.2 Å². The van der Waals surface area contributed by atoms with Crippen LogP contribution >= 0.6 is 11.6 Å². The van der Waals surface area contributed by atoms with Crippen molar-refractivity contribution in [2.45, 2.75) is 96.2 Å². The predicted molar refractivity (Wildman–Crippen MR) is 183 cm³/mol. The van der Waals surface area contributed by atoms with E-state index < -0.39 is 0 Å². The third kappa shape index (κ3) is 7.22. The highest BCUT2D eigenvalue weighted by Gasteiger charge is 2.31. The Morgan fingerprint density at radius 2 is 1.67 bits per heavy atom. The summed E-state index contributed by atoms with van der Waals surface area (Å²) in [5.74, 6) is 3.27. The lowest BCUT2D eigenvalue weighted by Gasteiger charge is -2.43. The van der Waals surface area contributed by atoms with Crippen LogP contribution in [0.2, 0.25) is 5.02 Å². The van der Waals surface area contributed by atoms with Gasteiger partial charge in [0.1, 0.15) is 5.60 Å². The van der Waals surface area contributed by atoms with Crippen LogP contribution < -0.4 is 14.4 Å². The number of methoxy groups -OCH3 is 2. The molecule has 0 bridgehead atoms. The van der Waals surface area contributed by atoms with Crippen molar-refractivity contribution in [3.05, 3.63) is 82.3 Å². The standard InChI is InChI=1S/C38H48ClN3O3/c1-38(2,3)45-37(28-10-7-11-28)41-20-17-32(18-21-41)42(31-14-12-30(39)13-15-31)25-26-16-19-40-34(22-26)29-23-33(27-8-6-9-27)36(44-5)35(24-29)43-4/h12-16,19,22-24,27,32H,6-11,17-18,20-21,25H2,1-5H3. The summed E-state index contributed by atoms with van der Waals surface area (Å²) in [6.07, 6.45) is 11.3. The van der Waals surface area contributed by atoms with Crippen LogP contribution in [0.3, 0.4) is 0 Å². The lowest BCUT2D eigenvalue weighted by atomic mass is 9.79. The van der Waals surface area contributed by atoms with Gasteiger partial charge in [0, 0.05) is 53.7 Å². The predicted octanol–water partition coefficient (Wildman–Crippen LogP) is 9.37. The molecular weight excluding hydrogens is 582 g/mol. The van der Waals surface area contributed by atoms with Gasteiger partial charge in [-0.05, 0) is 131 Å². The third-order valence-electron chi connectivity index (χ3n) is 9.54. The molecule has 0 atom stereocenters. The van der Waals surface area contributed by atoms with E-state index in [0.29, 0.717) is 12.0 Å². The zero-order valence-corrected chi connectivity index (χ0v) is 28.3. The molecule has 7 heteroatoms. The summed E-state index contributed by atoms with van der Waals surface area (Å²) in [5.41, 5.74) is 6.96. The number of likely N-dealkylation sites (tertiary alicyclic amines) is 1. The second-order valence-corrected chi connectivity index (χ2v) is 14.2. The van der Waals surface area contributed by atoms with Crippen molar-refractivity contribution >= 4 is 17.3 Å². The summed E-state index contributed by atoms with van der Waals surface area (Å²) in [6.45, 7) is 9.22. The highest BCUT2D eigenvalue weighted by atomic mass is 35.5. The quantitative estimate of drug-likeness (QED) is 0.208. The maximum absolute atomic E-state index is 6.54. The molecule has 2 aliphatic carbocycles. The van der Waals surface area contributed by atoms with Crippen molar-refractivity contribution in [3.8, 4) is 22.8 Å². The van der Waals surface area contributed by atoms with Gasteiger partial charge in [-0.1, -0.05) is 18.0 Å². The van der Waals surface area contributed by atoms with Crippen molar-refractivity contribution in [3.63, 3.8) is 0 Å². The first-order valence-electron chi connectivity index (χ1n) is 16.6. The van der Waals surface area contributed by atoms with E-state index in [1.54, 1.807) is 14.2 Å². The van der Waals surface area contributed by atoms with E-state index in [1.807, 2.05) is 18.3 Å². The van der Waals surface area contributed by atoms with Crippen LogP contribution in [0.25, 0.3) is 11.3 Å². The van der Waals surface area contributed by atoms with Crippen molar-refractivity contribution in [1.82, 2.24) is 9.88 Å². The Labute approximate surface area is 274 Å². The summed E-state index contributed by atoms with van der Waals surface area (Å²) in [6, 6.07) is 17.4. The van der Waals surface area contributed by atoms with Gasteiger partial charge in [-0.2, -0.15) is 0 Å². The number of rotatable bonds is 10. The van der Waals surface area contributed by atoms with E-state index in [0.717, 1.165) is 79.0 Å². The largest absolute Gasteiger partial charge is 0.493 e. The second-order valence-electron chi connectivity index (χ2n) is 13.8. The fraction of sp³-hybridized carbons (Fsp3) is 0.500. The number of benzene rings is 2. The van der Waals surface area contributed by atoms with Gasteiger partial charge < -0.3 is 24.0 Å². The molecule has 6 rings (SSSR count). The van der Waals surface area contributed by atoms with Crippen LogP contribution in [-0.2, 0) is 11.3 Å². The molecule has 0 amide bonds. The van der Waals surface area contributed by atoms with E-state index in [-0.39, 0.29) is 5.60 Å². The molecule has 3 fully saturated rings. The highest BCUT2D eigenvalue weighted by Crippen LogP contribution is 2.46. The average Bonchev–Trinajstić information content (AvgIpc) is 2.97. The number of halogens is 1. The summed E-state index contributed by atoms with van der Waals surface area (Å²) < 4.78 is 18.1. The number of anilines is 1. The lowest BCUT2D eigenvalue weighted by molar-refractivity contribution is -0.00922. The molecule has 240 valence electrons. The molecule has 1 saturated heterocycles. The summed E-state index contributed by atoms with van der Waals surface area (Å²) in [7, 11) is 3.45. The van der Waals surface area contributed by atoms with Gasteiger partial charge in [-0.25, -0.2) is 0 Å². The molecule has 3 aliphatic rings. The van der Waals surface area contributed by atoms with Gasteiger partial charge in [-0.15, -0.1) is 0 Å². The SMILES string of the molecule is COc1cc(-c2cc(CN(c3ccc(Cl)cc3)C3CCN(C(OC(C)(C)C)=C4CCC4)CC3)ccn2)cc(C2CCC2)c1OC. The fourth-order valence-electron chi connectivity index (χ4n) is 6.75. The molecule has 6 nitrogen and oxygen atoms in total. The number of pyridine rings is 1. The van der Waals surface area contributed by atoms with Crippen molar-refractivity contribution in [2.24, 2.45) is 0 Å². The zero-order chi connectivity index (χ0) is 31.6. The number of nitrogens with zero attached hydrogens (tertiary/aromatic N) is 3. The summed E-state index contributed by atoms with van der Waals surface area (Å²) >= 11 is 6.33. The van der Waals surface area contributed by atoms with Crippen LogP contribution in [0.4, 0.5) is 5.69 Å². The number of aromatic nitrogens is 1. The van der Waals surface area contributed by atoms with Gasteiger partial charge in [0.15, 0.2) is 17.4 Å². The van der Waals surface area contributed by atoms with Gasteiger partial charge in [0.2, 0.25) is 0 Å². The molecule has 0 N–H and O–H groups in total. The zero-order valence-electron chi connectivity index (χ0n) is 27.6. The van der Waals surface area contributed by atoms with E-state index in [9.17, 15) is 0 Å². The Morgan fingerprint density at radius 3 is 2.24 bits per heavy atom. The first-order valence-corrected chi connectivity index (χ1v) is 17.0. The Hall–Kier alpha value is -3.38. The maximum atomic E-state index is 6.54. The van der Waals surface area contributed by atoms with Gasteiger partial charge in [0.25, 0.3) is 0 Å². The molecule has 2 aromatic carbocycles. The molecule has 45 heavy (non-hydrogen) atoms. The third-order valence-corrected chi connectivity index (χ3v) is 9.79. The number of hydrogen-bond donors (Lipinski definition) is 0. The molecule has 0 spiro atoms. The van der Waals surface area contributed by atoms with E-state index in [4.69, 9.17) is 30.8 Å². The maximum Gasteiger partial charge on any atom is 0.188 e. The minimum absolute atomic E-state index is 0.199. The van der Waals surface area contributed by atoms with Crippen LogP contribution in [0.5, 0.6) is 11.5 Å². The van der Waals surface area contributed by atoms with Crippen molar-refractivity contribution < 1.29 is 14.2 Å². The molecule has 2 saturated carbocycles. The smallest absolute Gasteiger partial charge is 0.188 e. The lowest BCUT2D eigenvalue weighted by Crippen LogP contribution is -2.46. The van der Waals surface area contributed by atoms with Crippen LogP contribution in [0, 0.1) is 0 Å². The Balaban J connectivity index is 1.25. The van der Waals surface area contributed by atoms with Gasteiger partial charge >= 0.3 is 0 Å². The summed E-state index contributed by atoms with van der Waals surface area (Å²) in [5, 5.41) is 0.756. The average molecular weight is 630 g/mol. The molecule has 1 aromatic heterocycles. The molecular formula is C38H48ClN3O3. The summed E-state index contributed by atoms with van der Waals surface area (Å²) in [4.78, 5) is 9.87. The normalized spacial score (nSPS) is 17.4. The molecule has 2 heterocycles. The van der Waals surface area contributed by atoms with E-state index in [1.165, 1.54) is 48.1 Å². The monoisotopic (exact) mass is 629 g/mol. The minimum Gasteiger partial charge on any atom is -0.493 e. The number of allylic oxidation sites excluding steroid dienone is 1. The van der Waals surface area contributed by atoms with E-state index >= 15 is 0 Å². The Morgan fingerprint density at radius 1 is 0.933 bits per heavy atom. The Bertz CT molecular complexity index is 1500. The van der Waals surface area contributed by atoms with E-state index in [2.05, 4.69) is 67.0 Å². The van der Waals surface area contributed by atoms with Crippen LogP contribution in [0.15, 0.2) is 66.2 Å². The van der Waals surface area contributed by atoms with Gasteiger partial charge in [0.05, 0.1) is 19.9 Å².